The van der Waals surface area contributed by atoms with Gasteiger partial charge in [0.15, 0.2) is 0 Å². The summed E-state index contributed by atoms with van der Waals surface area (Å²) in [5, 5.41) is 3.86. The molecule has 0 spiro atoms. The minimum Gasteiger partial charge on any atom is -0.463 e. The van der Waals surface area contributed by atoms with E-state index in [-0.39, 0.29) is 24.4 Å². The molecule has 0 saturated heterocycles. The Hall–Kier alpha value is -2.99. The molecule has 2 aliphatic rings. The lowest BCUT2D eigenvalue weighted by Crippen LogP contribution is -2.64. The lowest BCUT2D eigenvalue weighted by atomic mass is 9.86. The van der Waals surface area contributed by atoms with E-state index in [1.54, 1.807) is 17.2 Å². The van der Waals surface area contributed by atoms with E-state index in [1.165, 1.54) is 0 Å². The van der Waals surface area contributed by atoms with Crippen LogP contribution in [-0.4, -0.2) is 32.9 Å². The fourth-order valence-corrected chi connectivity index (χ4v) is 5.40. The maximum Gasteiger partial charge on any atom is 0.271 e. The van der Waals surface area contributed by atoms with E-state index < -0.39 is 5.54 Å². The van der Waals surface area contributed by atoms with Gasteiger partial charge in [-0.2, -0.15) is 0 Å². The van der Waals surface area contributed by atoms with E-state index in [2.05, 4.69) is 12.2 Å². The number of fused-ring (bicyclic) bond motifs is 1. The number of carbonyl (C=O) groups excluding carboxylic acids is 2. The molecule has 3 heterocycles. The van der Waals surface area contributed by atoms with Crippen LogP contribution in [0.4, 0.5) is 0 Å². The van der Waals surface area contributed by atoms with Crippen molar-refractivity contribution in [2.75, 3.05) is 0 Å². The summed E-state index contributed by atoms with van der Waals surface area (Å²) in [6.45, 7) is 4.70. The molecule has 1 aliphatic heterocycles. The summed E-state index contributed by atoms with van der Waals surface area (Å²) in [7, 11) is 0. The number of benzene rings is 1. The highest BCUT2D eigenvalue weighted by Crippen LogP contribution is 2.35. The molecule has 178 valence electrons. The first kappa shape index (κ1) is 22.8. The molecular formula is C27H30ClN3O3. The van der Waals surface area contributed by atoms with Crippen LogP contribution in [0.2, 0.25) is 5.02 Å². The average molecular weight is 480 g/mol. The van der Waals surface area contributed by atoms with Crippen LogP contribution in [0.3, 0.4) is 0 Å². The second kappa shape index (κ2) is 8.99. The van der Waals surface area contributed by atoms with Gasteiger partial charge in [0, 0.05) is 17.6 Å². The summed E-state index contributed by atoms with van der Waals surface area (Å²) in [5.41, 5.74) is 1.05. The summed E-state index contributed by atoms with van der Waals surface area (Å²) in [5.74, 6) is 1.04. The smallest absolute Gasteiger partial charge is 0.271 e. The number of nitrogens with one attached hydrogen (secondary N) is 1. The quantitative estimate of drug-likeness (QED) is 0.524. The minimum atomic E-state index is -1.09. The van der Waals surface area contributed by atoms with E-state index in [0.717, 1.165) is 36.9 Å². The van der Waals surface area contributed by atoms with Crippen LogP contribution < -0.4 is 5.32 Å². The van der Waals surface area contributed by atoms with Gasteiger partial charge in [0.25, 0.3) is 5.91 Å². The third-order valence-electron chi connectivity index (χ3n) is 7.41. The third kappa shape index (κ3) is 4.05. The highest BCUT2D eigenvalue weighted by Gasteiger charge is 2.48. The number of amides is 2. The molecule has 3 aromatic rings. The van der Waals surface area contributed by atoms with E-state index in [0.29, 0.717) is 28.9 Å². The SMILES string of the molecule is CC1CCC(NC(=O)C2(C)Cn3c(ccc3-c3ccco3)C(=O)N2Cc2ccccc2Cl)CC1. The van der Waals surface area contributed by atoms with E-state index in [1.807, 2.05) is 54.0 Å². The van der Waals surface area contributed by atoms with Crippen LogP contribution in [0.5, 0.6) is 0 Å². The van der Waals surface area contributed by atoms with Crippen LogP contribution in [0.1, 0.15) is 55.6 Å². The van der Waals surface area contributed by atoms with Crippen LogP contribution in [-0.2, 0) is 17.9 Å². The fraction of sp³-hybridized carbons (Fsp3) is 0.407. The van der Waals surface area contributed by atoms with Crippen molar-refractivity contribution in [1.82, 2.24) is 14.8 Å². The van der Waals surface area contributed by atoms with Crippen molar-refractivity contribution in [3.8, 4) is 11.5 Å². The Kier molecular flexibility index (Phi) is 6.02. The highest BCUT2D eigenvalue weighted by atomic mass is 35.5. The van der Waals surface area contributed by atoms with Gasteiger partial charge in [-0.15, -0.1) is 0 Å². The zero-order valence-corrected chi connectivity index (χ0v) is 20.3. The normalized spacial score (nSPS) is 24.7. The van der Waals surface area contributed by atoms with Crippen molar-refractivity contribution in [3.63, 3.8) is 0 Å². The molecule has 0 radical (unpaired) electrons. The van der Waals surface area contributed by atoms with Gasteiger partial charge in [0.05, 0.1) is 18.5 Å². The van der Waals surface area contributed by atoms with Gasteiger partial charge in [-0.25, -0.2) is 0 Å². The topological polar surface area (TPSA) is 67.5 Å². The zero-order valence-electron chi connectivity index (χ0n) is 19.6. The number of carbonyl (C=O) groups is 2. The van der Waals surface area contributed by atoms with E-state index >= 15 is 0 Å². The van der Waals surface area contributed by atoms with Crippen molar-refractivity contribution in [2.45, 2.75) is 64.2 Å². The molecule has 2 aromatic heterocycles. The summed E-state index contributed by atoms with van der Waals surface area (Å²) in [6.07, 6.45) is 5.75. The largest absolute Gasteiger partial charge is 0.463 e. The molecule has 1 atom stereocenters. The molecule has 1 saturated carbocycles. The van der Waals surface area contributed by atoms with Gasteiger partial charge in [0.2, 0.25) is 5.91 Å². The molecule has 1 fully saturated rings. The molecule has 6 nitrogen and oxygen atoms in total. The number of halogens is 1. The van der Waals surface area contributed by atoms with Crippen LogP contribution >= 0.6 is 11.6 Å². The standard InChI is InChI=1S/C27H30ClN3O3/c1-18-9-11-20(12-10-18)29-26(33)27(2)17-30-22(24-8-5-15-34-24)13-14-23(30)25(32)31(27)16-19-6-3-4-7-21(19)28/h3-8,13-15,18,20H,9-12,16-17H2,1-2H3,(H,29,33). The van der Waals surface area contributed by atoms with Gasteiger partial charge in [-0.3, -0.25) is 9.59 Å². The van der Waals surface area contributed by atoms with Gasteiger partial charge in [0.1, 0.15) is 17.0 Å². The fourth-order valence-electron chi connectivity index (χ4n) is 5.20. The molecule has 1 N–H and O–H groups in total. The maximum atomic E-state index is 13.9. The van der Waals surface area contributed by atoms with Gasteiger partial charge < -0.3 is 19.2 Å². The first-order chi connectivity index (χ1) is 16.4. The van der Waals surface area contributed by atoms with Crippen LogP contribution in [0.15, 0.2) is 59.2 Å². The van der Waals surface area contributed by atoms with Crippen molar-refractivity contribution in [2.24, 2.45) is 5.92 Å². The summed E-state index contributed by atoms with van der Waals surface area (Å²) >= 11 is 6.45. The molecule has 0 bridgehead atoms. The lowest BCUT2D eigenvalue weighted by molar-refractivity contribution is -0.134. The van der Waals surface area contributed by atoms with Gasteiger partial charge in [-0.05, 0) is 74.4 Å². The Bertz CT molecular complexity index is 1190. The summed E-state index contributed by atoms with van der Waals surface area (Å²) in [4.78, 5) is 29.4. The minimum absolute atomic E-state index is 0.128. The number of hydrogen-bond donors (Lipinski definition) is 1. The first-order valence-electron chi connectivity index (χ1n) is 12.0. The molecule has 1 aromatic carbocycles. The molecule has 1 aliphatic carbocycles. The zero-order chi connectivity index (χ0) is 23.9. The Labute approximate surface area is 204 Å². The second-order valence-electron chi connectivity index (χ2n) is 9.85. The number of hydrogen-bond acceptors (Lipinski definition) is 3. The number of rotatable bonds is 5. The van der Waals surface area contributed by atoms with E-state index in [9.17, 15) is 9.59 Å². The van der Waals surface area contributed by atoms with Crippen molar-refractivity contribution in [3.05, 3.63) is 71.1 Å². The number of furan rings is 1. The number of aromatic nitrogens is 1. The predicted molar refractivity (Wildman–Crippen MR) is 131 cm³/mol. The molecule has 1 unspecified atom stereocenters. The van der Waals surface area contributed by atoms with Crippen molar-refractivity contribution in [1.29, 1.82) is 0 Å². The Morgan fingerprint density at radius 3 is 2.53 bits per heavy atom. The Balaban J connectivity index is 1.52. The second-order valence-corrected chi connectivity index (χ2v) is 10.3. The molecule has 2 amide bonds. The Morgan fingerprint density at radius 2 is 1.82 bits per heavy atom. The molecule has 34 heavy (non-hydrogen) atoms. The summed E-state index contributed by atoms with van der Waals surface area (Å²) in [6, 6.07) is 15.0. The first-order valence-corrected chi connectivity index (χ1v) is 12.3. The molecule has 5 rings (SSSR count). The van der Waals surface area contributed by atoms with Crippen molar-refractivity contribution < 1.29 is 14.0 Å². The molecular weight excluding hydrogens is 450 g/mol. The van der Waals surface area contributed by atoms with E-state index in [4.69, 9.17) is 16.0 Å². The monoisotopic (exact) mass is 479 g/mol. The van der Waals surface area contributed by atoms with Crippen molar-refractivity contribution >= 4 is 23.4 Å². The van der Waals surface area contributed by atoms with Crippen LogP contribution in [0, 0.1) is 5.92 Å². The van der Waals surface area contributed by atoms with Crippen LogP contribution in [0.25, 0.3) is 11.5 Å². The average Bonchev–Trinajstić information content (AvgIpc) is 3.49. The summed E-state index contributed by atoms with van der Waals surface area (Å²) < 4.78 is 7.52. The lowest BCUT2D eigenvalue weighted by Gasteiger charge is -2.45. The Morgan fingerprint density at radius 1 is 1.09 bits per heavy atom. The van der Waals surface area contributed by atoms with Gasteiger partial charge >= 0.3 is 0 Å². The van der Waals surface area contributed by atoms with Gasteiger partial charge in [-0.1, -0.05) is 36.7 Å². The molecule has 7 heteroatoms. The highest BCUT2D eigenvalue weighted by molar-refractivity contribution is 6.31. The number of nitrogens with zero attached hydrogens (tertiary/aromatic N) is 2. The maximum absolute atomic E-state index is 13.9. The third-order valence-corrected chi connectivity index (χ3v) is 7.78. The predicted octanol–water partition coefficient (Wildman–Crippen LogP) is 5.51.